The molecule has 0 radical (unpaired) electrons. The maximum absolute atomic E-state index is 5.05. The smallest absolute Gasteiger partial charge is 0.0121 e. The predicted molar refractivity (Wildman–Crippen MR) is 45.3 cm³/mol. The fraction of sp³-hybridized carbons (Fsp3) is 0.400. The molecule has 0 aliphatic rings. The van der Waals surface area contributed by atoms with Crippen LogP contribution in [0, 0.1) is 24.7 Å². The van der Waals surface area contributed by atoms with E-state index in [1.54, 1.807) is 0 Å². The summed E-state index contributed by atoms with van der Waals surface area (Å²) in [6.45, 7) is 0. The normalized spacial score (nSPS) is 9.00. The summed E-state index contributed by atoms with van der Waals surface area (Å²) in [6, 6.07) is 0. The average molecular weight is 132 g/mol. The van der Waals surface area contributed by atoms with Gasteiger partial charge in [-0.2, -0.15) is 0 Å². The fourth-order valence-corrected chi connectivity index (χ4v) is 0.569. The van der Waals surface area contributed by atoms with Crippen molar-refractivity contribution in [3.05, 3.63) is 12.2 Å². The predicted octanol–water partition coefficient (Wildman–Crippen LogP) is 2.37. The van der Waals surface area contributed by atoms with Gasteiger partial charge >= 0.3 is 0 Å². The lowest BCUT2D eigenvalue weighted by molar-refractivity contribution is 1.03. The lowest BCUT2D eigenvalue weighted by atomic mass is 10.2. The lowest BCUT2D eigenvalue weighted by Crippen LogP contribution is -1.66. The van der Waals surface area contributed by atoms with Gasteiger partial charge in [0, 0.05) is 12.8 Å². The van der Waals surface area contributed by atoms with E-state index >= 15 is 0 Å². The molecule has 0 N–H and O–H groups in total. The molecule has 0 saturated heterocycles. The average Bonchev–Trinajstić information content (AvgIpc) is 1.97. The van der Waals surface area contributed by atoms with Crippen molar-refractivity contribution < 1.29 is 0 Å². The molecule has 0 fully saturated rings. The Morgan fingerprint density at radius 2 is 1.30 bits per heavy atom. The van der Waals surface area contributed by atoms with Crippen LogP contribution in [0.4, 0.5) is 0 Å². The number of terminal acetylenes is 2. The van der Waals surface area contributed by atoms with Crippen LogP contribution < -0.4 is 0 Å². The van der Waals surface area contributed by atoms with Crippen LogP contribution in [-0.2, 0) is 0 Å². The van der Waals surface area contributed by atoms with Gasteiger partial charge < -0.3 is 0 Å². The van der Waals surface area contributed by atoms with E-state index in [9.17, 15) is 0 Å². The quantitative estimate of drug-likeness (QED) is 0.313. The number of hydrogen-bond acceptors (Lipinski definition) is 0. The number of unbranched alkanes of at least 4 members (excludes halogenated alkanes) is 2. The van der Waals surface area contributed by atoms with Crippen molar-refractivity contribution in [2.24, 2.45) is 0 Å². The van der Waals surface area contributed by atoms with Gasteiger partial charge in [0.1, 0.15) is 0 Å². The van der Waals surface area contributed by atoms with Gasteiger partial charge in [0.05, 0.1) is 0 Å². The zero-order chi connectivity index (χ0) is 7.66. The van der Waals surface area contributed by atoms with E-state index < -0.39 is 0 Å². The maximum Gasteiger partial charge on any atom is 0.0121 e. The van der Waals surface area contributed by atoms with Gasteiger partial charge in [-0.15, -0.1) is 24.7 Å². The van der Waals surface area contributed by atoms with Crippen LogP contribution in [0.25, 0.3) is 0 Å². The highest BCUT2D eigenvalue weighted by Gasteiger charge is 1.75. The van der Waals surface area contributed by atoms with Gasteiger partial charge in [0.2, 0.25) is 0 Å². The standard InChI is InChI=1S/C10H12/c1-3-5-7-9-10-8-6-4-2/h1-2,9-10H,5-8H2/b10-9+. The molecule has 0 atom stereocenters. The molecule has 0 heterocycles. The molecule has 0 saturated carbocycles. The highest BCUT2D eigenvalue weighted by Crippen LogP contribution is 1.93. The second kappa shape index (κ2) is 7.86. The summed E-state index contributed by atoms with van der Waals surface area (Å²) in [5.74, 6) is 5.13. The van der Waals surface area contributed by atoms with E-state index in [1.807, 2.05) is 0 Å². The molecule has 0 aromatic rings. The SMILES string of the molecule is C#CCC/C=C/CCC#C. The minimum Gasteiger partial charge on any atom is -0.120 e. The molecule has 0 aliphatic heterocycles. The Hall–Kier alpha value is -1.14. The van der Waals surface area contributed by atoms with Gasteiger partial charge in [0.15, 0.2) is 0 Å². The largest absolute Gasteiger partial charge is 0.120 e. The second-order valence-electron chi connectivity index (χ2n) is 1.96. The first-order valence-electron chi connectivity index (χ1n) is 3.43. The zero-order valence-electron chi connectivity index (χ0n) is 6.14. The summed E-state index contributed by atoms with van der Waals surface area (Å²) in [4.78, 5) is 0. The highest BCUT2D eigenvalue weighted by molar-refractivity contribution is 4.93. The summed E-state index contributed by atoms with van der Waals surface area (Å²) < 4.78 is 0. The van der Waals surface area contributed by atoms with E-state index in [1.165, 1.54) is 0 Å². The molecule has 0 aromatic heterocycles. The Kier molecular flexibility index (Phi) is 6.96. The van der Waals surface area contributed by atoms with E-state index in [4.69, 9.17) is 12.8 Å². The number of rotatable bonds is 4. The highest BCUT2D eigenvalue weighted by atomic mass is 13.8. The van der Waals surface area contributed by atoms with Gasteiger partial charge in [-0.25, -0.2) is 0 Å². The lowest BCUT2D eigenvalue weighted by Gasteiger charge is -1.83. The first-order chi connectivity index (χ1) is 4.91. The van der Waals surface area contributed by atoms with Crippen LogP contribution >= 0.6 is 0 Å². The van der Waals surface area contributed by atoms with Crippen molar-refractivity contribution in [1.29, 1.82) is 0 Å². The van der Waals surface area contributed by atoms with E-state index in [-0.39, 0.29) is 0 Å². The fourth-order valence-electron chi connectivity index (χ4n) is 0.569. The van der Waals surface area contributed by atoms with Crippen molar-refractivity contribution >= 4 is 0 Å². The summed E-state index contributed by atoms with van der Waals surface area (Å²) in [5, 5.41) is 0. The number of allylic oxidation sites excluding steroid dienone is 2. The maximum atomic E-state index is 5.05. The van der Waals surface area contributed by atoms with Crippen LogP contribution in [0.3, 0.4) is 0 Å². The van der Waals surface area contributed by atoms with Crippen molar-refractivity contribution in [3.63, 3.8) is 0 Å². The zero-order valence-corrected chi connectivity index (χ0v) is 6.14. The third kappa shape index (κ3) is 6.86. The molecule has 0 rings (SSSR count). The van der Waals surface area contributed by atoms with Crippen molar-refractivity contribution in [3.8, 4) is 24.7 Å². The molecular formula is C10H12. The minimum atomic E-state index is 0.826. The second-order valence-corrected chi connectivity index (χ2v) is 1.96. The monoisotopic (exact) mass is 132 g/mol. The molecular weight excluding hydrogens is 120 g/mol. The van der Waals surface area contributed by atoms with E-state index in [2.05, 4.69) is 24.0 Å². The van der Waals surface area contributed by atoms with Crippen molar-refractivity contribution in [1.82, 2.24) is 0 Å². The first kappa shape index (κ1) is 8.86. The Morgan fingerprint density at radius 3 is 1.60 bits per heavy atom. The van der Waals surface area contributed by atoms with Crippen LogP contribution in [-0.4, -0.2) is 0 Å². The molecule has 0 aromatic carbocycles. The van der Waals surface area contributed by atoms with Crippen LogP contribution in [0.1, 0.15) is 25.7 Å². The summed E-state index contributed by atoms with van der Waals surface area (Å²) in [6.07, 6.45) is 17.9. The first-order valence-corrected chi connectivity index (χ1v) is 3.43. The molecule has 10 heavy (non-hydrogen) atoms. The molecule has 0 bridgehead atoms. The summed E-state index contributed by atoms with van der Waals surface area (Å²) >= 11 is 0. The van der Waals surface area contributed by atoms with Gasteiger partial charge in [-0.3, -0.25) is 0 Å². The molecule has 0 nitrogen and oxygen atoms in total. The van der Waals surface area contributed by atoms with Crippen LogP contribution in [0.15, 0.2) is 12.2 Å². The molecule has 52 valence electrons. The molecule has 0 heteroatoms. The molecule has 0 spiro atoms. The molecule has 0 aliphatic carbocycles. The van der Waals surface area contributed by atoms with E-state index in [0.29, 0.717) is 0 Å². The third-order valence-electron chi connectivity index (χ3n) is 1.08. The van der Waals surface area contributed by atoms with Gasteiger partial charge in [-0.05, 0) is 12.8 Å². The Morgan fingerprint density at radius 1 is 0.900 bits per heavy atom. The summed E-state index contributed by atoms with van der Waals surface area (Å²) in [5.41, 5.74) is 0. The van der Waals surface area contributed by atoms with Crippen molar-refractivity contribution in [2.75, 3.05) is 0 Å². The van der Waals surface area contributed by atoms with Gasteiger partial charge in [-0.1, -0.05) is 12.2 Å². The minimum absolute atomic E-state index is 0.826. The van der Waals surface area contributed by atoms with Gasteiger partial charge in [0.25, 0.3) is 0 Å². The van der Waals surface area contributed by atoms with Crippen LogP contribution in [0.5, 0.6) is 0 Å². The van der Waals surface area contributed by atoms with E-state index in [0.717, 1.165) is 25.7 Å². The molecule has 0 amide bonds. The number of hydrogen-bond donors (Lipinski definition) is 0. The third-order valence-corrected chi connectivity index (χ3v) is 1.08. The summed E-state index contributed by atoms with van der Waals surface area (Å²) in [7, 11) is 0. The van der Waals surface area contributed by atoms with Crippen LogP contribution in [0.2, 0.25) is 0 Å². The Bertz CT molecular complexity index is 141. The Balaban J connectivity index is 3.08. The molecule has 0 unspecified atom stereocenters. The van der Waals surface area contributed by atoms with Crippen molar-refractivity contribution in [2.45, 2.75) is 25.7 Å². The Labute approximate surface area is 63.3 Å². The topological polar surface area (TPSA) is 0 Å².